The number of carbonyl (C=O) groups excluding carboxylic acids is 1. The highest BCUT2D eigenvalue weighted by molar-refractivity contribution is 7.98. The van der Waals surface area contributed by atoms with Crippen molar-refractivity contribution >= 4 is 18.0 Å². The van der Waals surface area contributed by atoms with Crippen LogP contribution >= 0.6 is 11.8 Å². The lowest BCUT2D eigenvalue weighted by atomic mass is 9.96. The van der Waals surface area contributed by atoms with Crippen LogP contribution < -0.4 is 5.63 Å². The van der Waals surface area contributed by atoms with Crippen molar-refractivity contribution in [2.45, 2.75) is 4.90 Å². The van der Waals surface area contributed by atoms with Gasteiger partial charge in [-0.1, -0.05) is 42.5 Å². The predicted molar refractivity (Wildman–Crippen MR) is 93.0 cm³/mol. The van der Waals surface area contributed by atoms with Crippen molar-refractivity contribution in [2.75, 3.05) is 6.26 Å². The van der Waals surface area contributed by atoms with Crippen molar-refractivity contribution < 1.29 is 9.21 Å². The average Bonchev–Trinajstić information content (AvgIpc) is 2.61. The molecule has 0 aliphatic rings. The molecule has 3 nitrogen and oxygen atoms in total. The molecule has 0 aliphatic heterocycles. The molecule has 4 heteroatoms. The summed E-state index contributed by atoms with van der Waals surface area (Å²) in [6.45, 7) is 0. The minimum atomic E-state index is -0.509. The van der Waals surface area contributed by atoms with Gasteiger partial charge in [-0.3, -0.25) is 4.79 Å². The summed E-state index contributed by atoms with van der Waals surface area (Å²) in [6.07, 6.45) is 2.56. The van der Waals surface area contributed by atoms with Crippen LogP contribution in [0.25, 0.3) is 22.3 Å². The van der Waals surface area contributed by atoms with Crippen LogP contribution in [0.2, 0.25) is 0 Å². The van der Waals surface area contributed by atoms with Crippen molar-refractivity contribution in [1.29, 1.82) is 0 Å². The molecule has 1 aromatic heterocycles. The smallest absolute Gasteiger partial charge is 0.344 e. The van der Waals surface area contributed by atoms with Gasteiger partial charge in [0.05, 0.1) is 5.56 Å². The molecule has 0 atom stereocenters. The first-order valence-electron chi connectivity index (χ1n) is 7.06. The lowest BCUT2D eigenvalue weighted by Crippen LogP contribution is -2.07. The van der Waals surface area contributed by atoms with Crippen molar-refractivity contribution in [3.8, 4) is 22.3 Å². The molecule has 3 rings (SSSR count). The van der Waals surface area contributed by atoms with E-state index < -0.39 is 5.63 Å². The maximum absolute atomic E-state index is 12.4. The van der Waals surface area contributed by atoms with Gasteiger partial charge < -0.3 is 4.42 Å². The Bertz CT molecular complexity index is 881. The predicted octanol–water partition coefficient (Wildman–Crippen LogP) is 4.51. The second-order valence-electron chi connectivity index (χ2n) is 4.94. The Labute approximate surface area is 138 Å². The lowest BCUT2D eigenvalue weighted by Gasteiger charge is -2.10. The van der Waals surface area contributed by atoms with Crippen molar-refractivity contribution in [3.63, 3.8) is 0 Å². The lowest BCUT2D eigenvalue weighted by molar-refractivity contribution is 0.109. The minimum Gasteiger partial charge on any atom is -0.419 e. The SMILES string of the molecule is CSc1ccc(-c2cc(C=O)oc(=O)c2-c2ccccc2)cc1. The molecule has 114 valence electrons. The van der Waals surface area contributed by atoms with Gasteiger partial charge in [-0.2, -0.15) is 0 Å². The number of hydrogen-bond donors (Lipinski definition) is 0. The molecule has 2 aromatic carbocycles. The monoisotopic (exact) mass is 322 g/mol. The molecule has 23 heavy (non-hydrogen) atoms. The van der Waals surface area contributed by atoms with Gasteiger partial charge in [-0.05, 0) is 35.6 Å². The molecule has 0 radical (unpaired) electrons. The topological polar surface area (TPSA) is 47.3 Å². The highest BCUT2D eigenvalue weighted by Crippen LogP contribution is 2.31. The fourth-order valence-corrected chi connectivity index (χ4v) is 2.85. The van der Waals surface area contributed by atoms with Gasteiger partial charge in [-0.25, -0.2) is 4.79 Å². The third kappa shape index (κ3) is 3.12. The van der Waals surface area contributed by atoms with Crippen molar-refractivity contribution in [1.82, 2.24) is 0 Å². The van der Waals surface area contributed by atoms with E-state index in [0.29, 0.717) is 17.4 Å². The van der Waals surface area contributed by atoms with Gasteiger partial charge in [0.1, 0.15) is 0 Å². The number of aldehydes is 1. The third-order valence-electron chi connectivity index (χ3n) is 3.55. The Hall–Kier alpha value is -2.59. The summed E-state index contributed by atoms with van der Waals surface area (Å²) in [6, 6.07) is 18.8. The number of thioether (sulfide) groups is 1. The van der Waals surface area contributed by atoms with Gasteiger partial charge in [0.15, 0.2) is 12.0 Å². The highest BCUT2D eigenvalue weighted by Gasteiger charge is 2.15. The molecule has 1 heterocycles. The molecule has 0 saturated heterocycles. The summed E-state index contributed by atoms with van der Waals surface area (Å²) in [5.41, 5.74) is 2.29. The van der Waals surface area contributed by atoms with Crippen LogP contribution in [-0.2, 0) is 0 Å². The van der Waals surface area contributed by atoms with E-state index in [2.05, 4.69) is 0 Å². The van der Waals surface area contributed by atoms with Gasteiger partial charge in [0.2, 0.25) is 0 Å². The minimum absolute atomic E-state index is 0.0265. The largest absolute Gasteiger partial charge is 0.419 e. The average molecular weight is 322 g/mol. The summed E-state index contributed by atoms with van der Waals surface area (Å²) in [7, 11) is 0. The first kappa shape index (κ1) is 15.3. The molecular formula is C19H14O3S. The second-order valence-corrected chi connectivity index (χ2v) is 5.82. The molecular weight excluding hydrogens is 308 g/mol. The van der Waals surface area contributed by atoms with Crippen LogP contribution in [0.1, 0.15) is 10.6 Å². The number of benzene rings is 2. The van der Waals surface area contributed by atoms with E-state index in [-0.39, 0.29) is 5.76 Å². The van der Waals surface area contributed by atoms with Crippen molar-refractivity contribution in [2.24, 2.45) is 0 Å². The summed E-state index contributed by atoms with van der Waals surface area (Å²) in [5.74, 6) is 0.0265. The molecule has 0 unspecified atom stereocenters. The van der Waals surface area contributed by atoms with Gasteiger partial charge in [-0.15, -0.1) is 11.8 Å². The Kier molecular flexibility index (Phi) is 4.44. The van der Waals surface area contributed by atoms with Crippen LogP contribution in [0.15, 0.2) is 74.8 Å². The van der Waals surface area contributed by atoms with E-state index in [9.17, 15) is 9.59 Å². The van der Waals surface area contributed by atoms with Crippen molar-refractivity contribution in [3.05, 3.63) is 76.8 Å². The van der Waals surface area contributed by atoms with Gasteiger partial charge >= 0.3 is 5.63 Å². The maximum Gasteiger partial charge on any atom is 0.344 e. The Balaban J connectivity index is 2.26. The number of hydrogen-bond acceptors (Lipinski definition) is 4. The maximum atomic E-state index is 12.4. The molecule has 0 spiro atoms. The standard InChI is InChI=1S/C19H14O3S/c1-23-16-9-7-13(8-10-16)17-11-15(12-20)22-19(21)18(17)14-5-3-2-4-6-14/h2-12H,1H3. The van der Waals surface area contributed by atoms with E-state index in [0.717, 1.165) is 16.0 Å². The first-order valence-corrected chi connectivity index (χ1v) is 8.28. The van der Waals surface area contributed by atoms with E-state index in [1.165, 1.54) is 0 Å². The summed E-state index contributed by atoms with van der Waals surface area (Å²) >= 11 is 1.65. The first-order chi connectivity index (χ1) is 11.2. The number of carbonyl (C=O) groups is 1. The molecule has 0 aliphatic carbocycles. The Morgan fingerprint density at radius 3 is 2.26 bits per heavy atom. The highest BCUT2D eigenvalue weighted by atomic mass is 32.2. The van der Waals surface area contributed by atoms with E-state index in [4.69, 9.17) is 4.42 Å². The Morgan fingerprint density at radius 2 is 1.65 bits per heavy atom. The summed E-state index contributed by atoms with van der Waals surface area (Å²) in [5, 5.41) is 0. The zero-order chi connectivity index (χ0) is 16.2. The Morgan fingerprint density at radius 1 is 0.957 bits per heavy atom. The van der Waals surface area contributed by atoms with Gasteiger partial charge in [0, 0.05) is 10.5 Å². The quantitative estimate of drug-likeness (QED) is 0.524. The second kappa shape index (κ2) is 6.67. The zero-order valence-corrected chi connectivity index (χ0v) is 13.3. The summed E-state index contributed by atoms with van der Waals surface area (Å²) in [4.78, 5) is 24.6. The van der Waals surface area contributed by atoms with Gasteiger partial charge in [0.25, 0.3) is 0 Å². The van der Waals surface area contributed by atoms with Crippen LogP contribution in [0.3, 0.4) is 0 Å². The fourth-order valence-electron chi connectivity index (χ4n) is 2.45. The zero-order valence-electron chi connectivity index (χ0n) is 12.5. The van der Waals surface area contributed by atoms with Crippen LogP contribution in [-0.4, -0.2) is 12.5 Å². The van der Waals surface area contributed by atoms with Crippen LogP contribution in [0, 0.1) is 0 Å². The van der Waals surface area contributed by atoms with E-state index >= 15 is 0 Å². The molecule has 0 saturated carbocycles. The molecule has 3 aromatic rings. The molecule has 0 bridgehead atoms. The van der Waals surface area contributed by atoms with Crippen LogP contribution in [0.5, 0.6) is 0 Å². The normalized spacial score (nSPS) is 10.5. The number of rotatable bonds is 4. The molecule has 0 fully saturated rings. The third-order valence-corrected chi connectivity index (χ3v) is 4.29. The van der Waals surface area contributed by atoms with E-state index in [1.54, 1.807) is 17.8 Å². The fraction of sp³-hybridized carbons (Fsp3) is 0.0526. The summed E-state index contributed by atoms with van der Waals surface area (Å²) < 4.78 is 5.09. The van der Waals surface area contributed by atoms with Crippen LogP contribution in [0.4, 0.5) is 0 Å². The molecule has 0 amide bonds. The molecule has 0 N–H and O–H groups in total. The van der Waals surface area contributed by atoms with E-state index in [1.807, 2.05) is 60.9 Å².